The average Bonchev–Trinajstić information content (AvgIpc) is 2.80. The highest BCUT2D eigenvalue weighted by Crippen LogP contribution is 2.19. The maximum atomic E-state index is 13.0. The molecular formula is C26H26N2O3. The van der Waals surface area contributed by atoms with Gasteiger partial charge in [0.25, 0.3) is 5.91 Å². The molecule has 0 saturated heterocycles. The van der Waals surface area contributed by atoms with Gasteiger partial charge in [0.05, 0.1) is 6.61 Å². The Morgan fingerprint density at radius 1 is 0.935 bits per heavy atom. The molecule has 0 aromatic heterocycles. The first-order chi connectivity index (χ1) is 15.1. The largest absolute Gasteiger partial charge is 0.494 e. The summed E-state index contributed by atoms with van der Waals surface area (Å²) in [5.74, 6) is 0.408. The Bertz CT molecular complexity index is 1040. The van der Waals surface area contributed by atoms with E-state index in [9.17, 15) is 9.59 Å². The maximum absolute atomic E-state index is 13.0. The van der Waals surface area contributed by atoms with Crippen molar-refractivity contribution in [3.63, 3.8) is 0 Å². The number of carbonyl (C=O) groups excluding carboxylic acids is 2. The van der Waals surface area contributed by atoms with Gasteiger partial charge in [-0.25, -0.2) is 0 Å². The van der Waals surface area contributed by atoms with Gasteiger partial charge in [-0.2, -0.15) is 0 Å². The van der Waals surface area contributed by atoms with Crippen molar-refractivity contribution in [2.24, 2.45) is 0 Å². The Morgan fingerprint density at radius 2 is 1.68 bits per heavy atom. The number of ether oxygens (including phenoxy) is 1. The fourth-order valence-electron chi connectivity index (χ4n) is 3.13. The fourth-order valence-corrected chi connectivity index (χ4v) is 3.13. The van der Waals surface area contributed by atoms with E-state index in [-0.39, 0.29) is 11.8 Å². The monoisotopic (exact) mass is 414 g/mol. The van der Waals surface area contributed by atoms with E-state index >= 15 is 0 Å². The molecule has 0 bridgehead atoms. The Hall–Kier alpha value is -3.86. The lowest BCUT2D eigenvalue weighted by Gasteiger charge is -2.21. The average molecular weight is 415 g/mol. The van der Waals surface area contributed by atoms with Crippen molar-refractivity contribution in [2.45, 2.75) is 13.8 Å². The van der Waals surface area contributed by atoms with Crippen molar-refractivity contribution >= 4 is 29.3 Å². The van der Waals surface area contributed by atoms with Gasteiger partial charge in [0.1, 0.15) is 5.75 Å². The smallest absolute Gasteiger partial charge is 0.258 e. The van der Waals surface area contributed by atoms with Crippen molar-refractivity contribution in [3.8, 4) is 5.75 Å². The molecule has 0 atom stereocenters. The van der Waals surface area contributed by atoms with E-state index in [4.69, 9.17) is 4.74 Å². The van der Waals surface area contributed by atoms with Crippen molar-refractivity contribution in [2.75, 3.05) is 23.4 Å². The van der Waals surface area contributed by atoms with Crippen LogP contribution in [0, 0.1) is 0 Å². The lowest BCUT2D eigenvalue weighted by Crippen LogP contribution is -2.30. The van der Waals surface area contributed by atoms with Crippen LogP contribution in [0.2, 0.25) is 0 Å². The number of rotatable bonds is 8. The molecule has 3 aromatic rings. The molecule has 0 spiro atoms. The number of amides is 2. The van der Waals surface area contributed by atoms with E-state index in [2.05, 4.69) is 5.32 Å². The molecule has 0 aliphatic carbocycles. The molecular weight excluding hydrogens is 388 g/mol. The molecule has 0 saturated carbocycles. The van der Waals surface area contributed by atoms with Crippen LogP contribution in [0.5, 0.6) is 5.75 Å². The predicted molar refractivity (Wildman–Crippen MR) is 126 cm³/mol. The van der Waals surface area contributed by atoms with Gasteiger partial charge < -0.3 is 15.0 Å². The van der Waals surface area contributed by atoms with Crippen LogP contribution in [0.4, 0.5) is 11.4 Å². The molecule has 0 unspecified atom stereocenters. The van der Waals surface area contributed by atoms with Crippen molar-refractivity contribution < 1.29 is 14.3 Å². The van der Waals surface area contributed by atoms with Crippen LogP contribution < -0.4 is 15.0 Å². The number of hydrogen-bond donors (Lipinski definition) is 1. The molecule has 3 rings (SSSR count). The van der Waals surface area contributed by atoms with Gasteiger partial charge in [0.15, 0.2) is 0 Å². The zero-order valence-electron chi connectivity index (χ0n) is 17.7. The third kappa shape index (κ3) is 6.06. The van der Waals surface area contributed by atoms with Gasteiger partial charge in [0, 0.05) is 29.6 Å². The first kappa shape index (κ1) is 21.8. The second kappa shape index (κ2) is 10.8. The fraction of sp³-hybridized carbons (Fsp3) is 0.154. The first-order valence-electron chi connectivity index (χ1n) is 10.3. The van der Waals surface area contributed by atoms with Crippen molar-refractivity contribution in [1.82, 2.24) is 0 Å². The van der Waals surface area contributed by atoms with Gasteiger partial charge >= 0.3 is 0 Å². The number of carbonyl (C=O) groups is 2. The van der Waals surface area contributed by atoms with Gasteiger partial charge in [0.2, 0.25) is 5.91 Å². The molecule has 0 radical (unpaired) electrons. The zero-order valence-corrected chi connectivity index (χ0v) is 17.7. The van der Waals surface area contributed by atoms with E-state index in [1.807, 2.05) is 68.4 Å². The standard InChI is InChI=1S/C26H26N2O3/c1-3-28(23-11-6-5-7-12-23)26(30)21-9-8-10-22(19-21)27-25(29)18-15-20-13-16-24(17-14-20)31-4-2/h5-19H,3-4H2,1-2H3,(H,27,29)/b18-15+. The van der Waals surface area contributed by atoms with E-state index < -0.39 is 0 Å². The highest BCUT2D eigenvalue weighted by atomic mass is 16.5. The Balaban J connectivity index is 1.67. The summed E-state index contributed by atoms with van der Waals surface area (Å²) in [6.07, 6.45) is 3.20. The predicted octanol–water partition coefficient (Wildman–Crippen LogP) is 5.40. The van der Waals surface area contributed by atoms with Crippen LogP contribution in [0.25, 0.3) is 6.08 Å². The van der Waals surface area contributed by atoms with Crippen LogP contribution >= 0.6 is 0 Å². The number of para-hydroxylation sites is 1. The van der Waals surface area contributed by atoms with Gasteiger partial charge in [-0.1, -0.05) is 36.4 Å². The van der Waals surface area contributed by atoms with E-state index in [0.717, 1.165) is 17.0 Å². The van der Waals surface area contributed by atoms with Crippen LogP contribution in [0.15, 0.2) is 84.9 Å². The lowest BCUT2D eigenvalue weighted by atomic mass is 10.1. The van der Waals surface area contributed by atoms with Crippen molar-refractivity contribution in [1.29, 1.82) is 0 Å². The second-order valence-corrected chi connectivity index (χ2v) is 6.79. The molecule has 2 amide bonds. The molecule has 31 heavy (non-hydrogen) atoms. The molecule has 1 N–H and O–H groups in total. The summed E-state index contributed by atoms with van der Waals surface area (Å²) in [5, 5.41) is 2.81. The van der Waals surface area contributed by atoms with Gasteiger partial charge in [-0.05, 0) is 68.0 Å². The molecule has 0 aliphatic rings. The quantitative estimate of drug-likeness (QED) is 0.502. The minimum Gasteiger partial charge on any atom is -0.494 e. The number of anilines is 2. The van der Waals surface area contributed by atoms with E-state index in [0.29, 0.717) is 24.4 Å². The molecule has 158 valence electrons. The second-order valence-electron chi connectivity index (χ2n) is 6.79. The van der Waals surface area contributed by atoms with Crippen LogP contribution in [0.1, 0.15) is 29.8 Å². The number of nitrogens with zero attached hydrogens (tertiary/aromatic N) is 1. The Kier molecular flexibility index (Phi) is 7.60. The summed E-state index contributed by atoms with van der Waals surface area (Å²) in [6, 6.07) is 24.0. The molecule has 0 fully saturated rings. The summed E-state index contributed by atoms with van der Waals surface area (Å²) < 4.78 is 5.41. The minimum absolute atomic E-state index is 0.116. The van der Waals surface area contributed by atoms with Gasteiger partial charge in [-0.15, -0.1) is 0 Å². The summed E-state index contributed by atoms with van der Waals surface area (Å²) in [6.45, 7) is 5.02. The first-order valence-corrected chi connectivity index (χ1v) is 10.3. The number of nitrogens with one attached hydrogen (secondary N) is 1. The third-order valence-corrected chi connectivity index (χ3v) is 4.62. The molecule has 0 heterocycles. The van der Waals surface area contributed by atoms with Crippen LogP contribution in [-0.2, 0) is 4.79 Å². The normalized spacial score (nSPS) is 10.6. The summed E-state index contributed by atoms with van der Waals surface area (Å²) in [5.41, 5.74) is 2.81. The molecule has 5 nitrogen and oxygen atoms in total. The lowest BCUT2D eigenvalue weighted by molar-refractivity contribution is -0.111. The maximum Gasteiger partial charge on any atom is 0.258 e. The highest BCUT2D eigenvalue weighted by molar-refractivity contribution is 6.07. The van der Waals surface area contributed by atoms with Crippen LogP contribution in [-0.4, -0.2) is 25.0 Å². The molecule has 0 aliphatic heterocycles. The highest BCUT2D eigenvalue weighted by Gasteiger charge is 2.16. The zero-order chi connectivity index (χ0) is 22.1. The molecule has 3 aromatic carbocycles. The summed E-state index contributed by atoms with van der Waals surface area (Å²) >= 11 is 0. The number of hydrogen-bond acceptors (Lipinski definition) is 3. The minimum atomic E-state index is -0.270. The van der Waals surface area contributed by atoms with Crippen LogP contribution in [0.3, 0.4) is 0 Å². The molecule has 5 heteroatoms. The Labute approximate surface area is 183 Å². The van der Waals surface area contributed by atoms with E-state index in [1.165, 1.54) is 6.08 Å². The van der Waals surface area contributed by atoms with E-state index in [1.54, 1.807) is 35.2 Å². The Morgan fingerprint density at radius 3 is 2.35 bits per heavy atom. The summed E-state index contributed by atoms with van der Waals surface area (Å²) in [4.78, 5) is 27.0. The topological polar surface area (TPSA) is 58.6 Å². The van der Waals surface area contributed by atoms with Gasteiger partial charge in [-0.3, -0.25) is 9.59 Å². The van der Waals surface area contributed by atoms with Crippen molar-refractivity contribution in [3.05, 3.63) is 96.1 Å². The summed E-state index contributed by atoms with van der Waals surface area (Å²) in [7, 11) is 0. The number of benzene rings is 3. The third-order valence-electron chi connectivity index (χ3n) is 4.62. The SMILES string of the molecule is CCOc1ccc(/C=C/C(=O)Nc2cccc(C(=O)N(CC)c3ccccc3)c2)cc1.